The smallest absolute Gasteiger partial charge is 0.254 e. The number of rotatable bonds is 9. The van der Waals surface area contributed by atoms with E-state index in [1.165, 1.54) is 35.5 Å². The Labute approximate surface area is 201 Å². The third kappa shape index (κ3) is 6.42. The molecule has 7 nitrogen and oxygen atoms in total. The van der Waals surface area contributed by atoms with Crippen LogP contribution in [-0.4, -0.2) is 67.1 Å². The van der Waals surface area contributed by atoms with Gasteiger partial charge in [0.15, 0.2) is 0 Å². The van der Waals surface area contributed by atoms with Gasteiger partial charge in [0.2, 0.25) is 15.9 Å². The van der Waals surface area contributed by atoms with Gasteiger partial charge in [-0.05, 0) is 42.3 Å². The maximum Gasteiger partial charge on any atom is 0.254 e. The highest BCUT2D eigenvalue weighted by Crippen LogP contribution is 2.21. The first-order chi connectivity index (χ1) is 16.2. The Morgan fingerprint density at radius 1 is 1.00 bits per heavy atom. The summed E-state index contributed by atoms with van der Waals surface area (Å²) in [5.41, 5.74) is 1.10. The minimum Gasteiger partial charge on any atom is -0.340 e. The number of carbonyl (C=O) groups is 2. The predicted octanol–water partition coefficient (Wildman–Crippen LogP) is 3.51. The van der Waals surface area contributed by atoms with Crippen LogP contribution in [-0.2, 0) is 21.4 Å². The van der Waals surface area contributed by atoms with Crippen LogP contribution < -0.4 is 0 Å². The number of carbonyl (C=O) groups excluding carboxylic acids is 2. The Kier molecular flexibility index (Phi) is 8.79. The molecule has 0 unspecified atom stereocenters. The Bertz CT molecular complexity index is 1100. The molecule has 2 aromatic rings. The van der Waals surface area contributed by atoms with Crippen molar-refractivity contribution >= 4 is 21.8 Å². The summed E-state index contributed by atoms with van der Waals surface area (Å²) < 4.78 is 41.1. The summed E-state index contributed by atoms with van der Waals surface area (Å²) in [6, 6.07) is 12.1. The van der Waals surface area contributed by atoms with Gasteiger partial charge in [0.25, 0.3) is 5.91 Å². The van der Waals surface area contributed by atoms with Gasteiger partial charge in [0.1, 0.15) is 5.82 Å². The van der Waals surface area contributed by atoms with Crippen molar-refractivity contribution in [2.24, 2.45) is 0 Å². The summed E-state index contributed by atoms with van der Waals surface area (Å²) in [4.78, 5) is 28.3. The Morgan fingerprint density at radius 3 is 2.29 bits per heavy atom. The number of sulfonamides is 1. The van der Waals surface area contributed by atoms with E-state index in [4.69, 9.17) is 0 Å². The number of benzene rings is 2. The van der Waals surface area contributed by atoms with Crippen LogP contribution in [0.4, 0.5) is 4.39 Å². The average molecular weight is 490 g/mol. The molecular weight excluding hydrogens is 457 g/mol. The van der Waals surface area contributed by atoms with Crippen molar-refractivity contribution in [2.45, 2.75) is 44.6 Å². The molecular formula is C25H32FN3O4S. The van der Waals surface area contributed by atoms with Gasteiger partial charge in [-0.3, -0.25) is 9.59 Å². The van der Waals surface area contributed by atoms with Crippen molar-refractivity contribution in [3.05, 3.63) is 65.5 Å². The molecule has 9 heteroatoms. The highest BCUT2D eigenvalue weighted by Gasteiger charge is 2.30. The van der Waals surface area contributed by atoms with Crippen LogP contribution in [0.5, 0.6) is 0 Å². The lowest BCUT2D eigenvalue weighted by atomic mass is 10.1. The maximum atomic E-state index is 13.4. The fraction of sp³-hybridized carbons (Fsp3) is 0.440. The largest absolute Gasteiger partial charge is 0.340 e. The van der Waals surface area contributed by atoms with Crippen molar-refractivity contribution < 1.29 is 22.4 Å². The molecule has 0 saturated carbocycles. The fourth-order valence-electron chi connectivity index (χ4n) is 3.98. The predicted molar refractivity (Wildman–Crippen MR) is 128 cm³/mol. The molecule has 0 N–H and O–H groups in total. The first-order valence-electron chi connectivity index (χ1n) is 11.6. The molecule has 1 fully saturated rings. The zero-order chi connectivity index (χ0) is 24.7. The Hall–Kier alpha value is -2.78. The van der Waals surface area contributed by atoms with Crippen LogP contribution in [0.3, 0.4) is 0 Å². The van der Waals surface area contributed by atoms with Crippen molar-refractivity contribution in [3.63, 3.8) is 0 Å². The number of piperazine rings is 1. The van der Waals surface area contributed by atoms with Crippen LogP contribution in [0, 0.1) is 5.82 Å². The van der Waals surface area contributed by atoms with Gasteiger partial charge in [-0.15, -0.1) is 0 Å². The number of hydrogen-bond acceptors (Lipinski definition) is 4. The standard InChI is InChI=1S/C25H32FN3O4S/c1-3-4-5-13-28(19-21-9-11-23(26)12-10-21)25(31)22-7-6-8-24(18-22)34(32,33)29-16-14-27(15-17-29)20(2)30/h6-12,18H,3-5,13-17,19H2,1-2H3. The average Bonchev–Trinajstić information content (AvgIpc) is 2.84. The van der Waals surface area contributed by atoms with Gasteiger partial charge in [-0.2, -0.15) is 4.31 Å². The SMILES string of the molecule is CCCCCN(Cc1ccc(F)cc1)C(=O)c1cccc(S(=O)(=O)N2CCN(C(C)=O)CC2)c1. The monoisotopic (exact) mass is 489 g/mol. The topological polar surface area (TPSA) is 78.0 Å². The molecule has 2 aromatic carbocycles. The van der Waals surface area contributed by atoms with E-state index in [2.05, 4.69) is 6.92 Å². The van der Waals surface area contributed by atoms with E-state index in [9.17, 15) is 22.4 Å². The van der Waals surface area contributed by atoms with E-state index in [0.29, 0.717) is 31.7 Å². The molecule has 1 aliphatic heterocycles. The Morgan fingerprint density at radius 2 is 1.68 bits per heavy atom. The van der Waals surface area contributed by atoms with Crippen molar-refractivity contribution in [2.75, 3.05) is 32.7 Å². The minimum atomic E-state index is -3.79. The van der Waals surface area contributed by atoms with E-state index < -0.39 is 10.0 Å². The molecule has 0 bridgehead atoms. The molecule has 1 heterocycles. The lowest BCUT2D eigenvalue weighted by molar-refractivity contribution is -0.129. The third-order valence-electron chi connectivity index (χ3n) is 6.01. The van der Waals surface area contributed by atoms with Crippen LogP contribution >= 0.6 is 0 Å². The molecule has 0 atom stereocenters. The van der Waals surface area contributed by atoms with Crippen LogP contribution in [0.2, 0.25) is 0 Å². The molecule has 34 heavy (non-hydrogen) atoms. The van der Waals surface area contributed by atoms with Crippen molar-refractivity contribution in [1.29, 1.82) is 0 Å². The van der Waals surface area contributed by atoms with Gasteiger partial charge in [0.05, 0.1) is 4.90 Å². The van der Waals surface area contributed by atoms with E-state index >= 15 is 0 Å². The second kappa shape index (κ2) is 11.6. The highest BCUT2D eigenvalue weighted by molar-refractivity contribution is 7.89. The lowest BCUT2D eigenvalue weighted by Gasteiger charge is -2.33. The molecule has 0 radical (unpaired) electrons. The molecule has 0 aromatic heterocycles. The Balaban J connectivity index is 1.79. The third-order valence-corrected chi connectivity index (χ3v) is 7.90. The summed E-state index contributed by atoms with van der Waals surface area (Å²) in [6.07, 6.45) is 2.79. The summed E-state index contributed by atoms with van der Waals surface area (Å²) >= 11 is 0. The van der Waals surface area contributed by atoms with Gasteiger partial charge < -0.3 is 9.80 Å². The van der Waals surface area contributed by atoms with Crippen molar-refractivity contribution in [3.8, 4) is 0 Å². The number of unbranched alkanes of at least 4 members (excludes halogenated alkanes) is 2. The van der Waals surface area contributed by atoms with Gasteiger partial charge in [-0.1, -0.05) is 38.0 Å². The van der Waals surface area contributed by atoms with Crippen LogP contribution in [0.15, 0.2) is 53.4 Å². The summed E-state index contributed by atoms with van der Waals surface area (Å²) in [5, 5.41) is 0. The normalized spacial score (nSPS) is 14.7. The molecule has 2 amide bonds. The van der Waals surface area contributed by atoms with Crippen LogP contribution in [0.25, 0.3) is 0 Å². The summed E-state index contributed by atoms with van der Waals surface area (Å²) in [5.74, 6) is -0.678. The summed E-state index contributed by atoms with van der Waals surface area (Å²) in [7, 11) is -3.79. The molecule has 3 rings (SSSR count). The molecule has 1 aliphatic rings. The summed E-state index contributed by atoms with van der Waals surface area (Å²) in [6.45, 7) is 5.50. The number of nitrogens with zero attached hydrogens (tertiary/aromatic N) is 3. The molecule has 184 valence electrons. The first-order valence-corrected chi connectivity index (χ1v) is 13.1. The second-order valence-electron chi connectivity index (χ2n) is 8.50. The fourth-order valence-corrected chi connectivity index (χ4v) is 5.45. The number of halogens is 1. The number of hydrogen-bond donors (Lipinski definition) is 0. The zero-order valence-electron chi connectivity index (χ0n) is 19.7. The van der Waals surface area contributed by atoms with Gasteiger partial charge in [0, 0.05) is 51.8 Å². The molecule has 0 aliphatic carbocycles. The highest BCUT2D eigenvalue weighted by atomic mass is 32.2. The lowest BCUT2D eigenvalue weighted by Crippen LogP contribution is -2.49. The minimum absolute atomic E-state index is 0.0601. The van der Waals surface area contributed by atoms with E-state index in [0.717, 1.165) is 24.8 Å². The molecule has 1 saturated heterocycles. The van der Waals surface area contributed by atoms with E-state index in [-0.39, 0.29) is 35.6 Å². The zero-order valence-corrected chi connectivity index (χ0v) is 20.6. The van der Waals surface area contributed by atoms with Crippen molar-refractivity contribution in [1.82, 2.24) is 14.1 Å². The van der Waals surface area contributed by atoms with E-state index in [1.807, 2.05) is 0 Å². The van der Waals surface area contributed by atoms with E-state index in [1.54, 1.807) is 34.1 Å². The van der Waals surface area contributed by atoms with Gasteiger partial charge >= 0.3 is 0 Å². The first kappa shape index (κ1) is 25.8. The van der Waals surface area contributed by atoms with Gasteiger partial charge in [-0.25, -0.2) is 12.8 Å². The molecule has 0 spiro atoms. The second-order valence-corrected chi connectivity index (χ2v) is 10.4. The maximum absolute atomic E-state index is 13.4. The van der Waals surface area contributed by atoms with Crippen LogP contribution in [0.1, 0.15) is 49.0 Å². The quantitative estimate of drug-likeness (QED) is 0.505. The number of amides is 2.